The Morgan fingerprint density at radius 2 is 1.86 bits per heavy atom. The van der Waals surface area contributed by atoms with Crippen LogP contribution in [0.4, 0.5) is 4.39 Å². The van der Waals surface area contributed by atoms with E-state index >= 15 is 0 Å². The van der Waals surface area contributed by atoms with E-state index in [1.165, 1.54) is 18.7 Å². The van der Waals surface area contributed by atoms with Crippen molar-refractivity contribution < 1.29 is 9.13 Å². The molecule has 2 aromatic rings. The fraction of sp³-hybridized carbons (Fsp3) is 0.333. The van der Waals surface area contributed by atoms with Gasteiger partial charge >= 0.3 is 0 Å². The van der Waals surface area contributed by atoms with Crippen LogP contribution in [0.1, 0.15) is 31.9 Å². The number of hydrogen-bond donors (Lipinski definition) is 1. The maximum absolute atomic E-state index is 14.1. The van der Waals surface area contributed by atoms with Crippen molar-refractivity contribution >= 4 is 0 Å². The molecule has 3 heteroatoms. The van der Waals surface area contributed by atoms with Crippen LogP contribution in [0.2, 0.25) is 0 Å². The number of hydrogen-bond acceptors (Lipinski definition) is 2. The standard InChI is InChI=1S/C18H22FNO/c1-4-11-20-13(2)14-5-7-15(8-6-14)17-10-9-16(21-3)12-18(17)19/h5-10,12-13,20H,4,11H2,1-3H3. The molecular weight excluding hydrogens is 265 g/mol. The highest BCUT2D eigenvalue weighted by Crippen LogP contribution is 2.27. The van der Waals surface area contributed by atoms with Crippen LogP contribution in [0.5, 0.6) is 5.75 Å². The molecule has 0 fully saturated rings. The van der Waals surface area contributed by atoms with Gasteiger partial charge in [0, 0.05) is 17.7 Å². The molecule has 0 aliphatic heterocycles. The van der Waals surface area contributed by atoms with Crippen LogP contribution in [0.3, 0.4) is 0 Å². The lowest BCUT2D eigenvalue weighted by molar-refractivity contribution is 0.411. The molecule has 0 saturated heterocycles. The van der Waals surface area contributed by atoms with E-state index in [0.717, 1.165) is 18.5 Å². The average Bonchev–Trinajstić information content (AvgIpc) is 2.52. The number of benzene rings is 2. The van der Waals surface area contributed by atoms with Crippen molar-refractivity contribution in [1.29, 1.82) is 0 Å². The summed E-state index contributed by atoms with van der Waals surface area (Å²) < 4.78 is 19.1. The first-order valence-electron chi connectivity index (χ1n) is 7.33. The lowest BCUT2D eigenvalue weighted by atomic mass is 10.0. The van der Waals surface area contributed by atoms with Crippen molar-refractivity contribution in [2.24, 2.45) is 0 Å². The zero-order valence-electron chi connectivity index (χ0n) is 12.8. The predicted molar refractivity (Wildman–Crippen MR) is 85.1 cm³/mol. The van der Waals surface area contributed by atoms with E-state index in [1.54, 1.807) is 12.1 Å². The van der Waals surface area contributed by atoms with E-state index in [4.69, 9.17) is 4.74 Å². The Hall–Kier alpha value is -1.87. The molecule has 0 spiro atoms. The normalized spacial score (nSPS) is 12.2. The van der Waals surface area contributed by atoms with Crippen molar-refractivity contribution in [2.75, 3.05) is 13.7 Å². The summed E-state index contributed by atoms with van der Waals surface area (Å²) in [7, 11) is 1.54. The van der Waals surface area contributed by atoms with Gasteiger partial charge in [0.05, 0.1) is 7.11 Å². The molecule has 0 amide bonds. The molecule has 2 rings (SSSR count). The van der Waals surface area contributed by atoms with Gasteiger partial charge in [-0.3, -0.25) is 0 Å². The SMILES string of the molecule is CCCNC(C)c1ccc(-c2ccc(OC)cc2F)cc1. The van der Waals surface area contributed by atoms with Gasteiger partial charge in [0.25, 0.3) is 0 Å². The first-order chi connectivity index (χ1) is 10.2. The Kier molecular flexibility index (Phi) is 5.34. The second-order valence-corrected chi connectivity index (χ2v) is 5.14. The summed E-state index contributed by atoms with van der Waals surface area (Å²) >= 11 is 0. The van der Waals surface area contributed by atoms with Crippen molar-refractivity contribution in [2.45, 2.75) is 26.3 Å². The van der Waals surface area contributed by atoms with E-state index < -0.39 is 0 Å². The maximum atomic E-state index is 14.1. The highest BCUT2D eigenvalue weighted by molar-refractivity contribution is 5.65. The smallest absolute Gasteiger partial charge is 0.134 e. The summed E-state index contributed by atoms with van der Waals surface area (Å²) in [4.78, 5) is 0. The molecular formula is C18H22FNO. The third-order valence-electron chi connectivity index (χ3n) is 3.60. The fourth-order valence-electron chi connectivity index (χ4n) is 2.29. The summed E-state index contributed by atoms with van der Waals surface area (Å²) in [5, 5.41) is 3.44. The third kappa shape index (κ3) is 3.82. The van der Waals surface area contributed by atoms with E-state index in [1.807, 2.05) is 24.3 Å². The number of methoxy groups -OCH3 is 1. The van der Waals surface area contributed by atoms with Gasteiger partial charge in [-0.15, -0.1) is 0 Å². The minimum Gasteiger partial charge on any atom is -0.497 e. The third-order valence-corrected chi connectivity index (χ3v) is 3.60. The van der Waals surface area contributed by atoms with Crippen LogP contribution >= 0.6 is 0 Å². The largest absolute Gasteiger partial charge is 0.497 e. The van der Waals surface area contributed by atoms with Gasteiger partial charge in [-0.1, -0.05) is 31.2 Å². The molecule has 0 aromatic heterocycles. The lowest BCUT2D eigenvalue weighted by Crippen LogP contribution is -2.19. The molecule has 2 aromatic carbocycles. The van der Waals surface area contributed by atoms with Crippen LogP contribution in [0, 0.1) is 5.82 Å². The molecule has 0 heterocycles. The average molecular weight is 287 g/mol. The Morgan fingerprint density at radius 3 is 2.43 bits per heavy atom. The van der Waals surface area contributed by atoms with Crippen LogP contribution in [0.15, 0.2) is 42.5 Å². The quantitative estimate of drug-likeness (QED) is 0.840. The first-order valence-corrected chi connectivity index (χ1v) is 7.33. The summed E-state index contributed by atoms with van der Waals surface area (Å²) in [6.07, 6.45) is 1.11. The lowest BCUT2D eigenvalue weighted by Gasteiger charge is -2.14. The molecule has 21 heavy (non-hydrogen) atoms. The molecule has 0 radical (unpaired) electrons. The minimum atomic E-state index is -0.265. The van der Waals surface area contributed by atoms with Crippen molar-refractivity contribution in [3.8, 4) is 16.9 Å². The molecule has 0 aliphatic carbocycles. The summed E-state index contributed by atoms with van der Waals surface area (Å²) in [6, 6.07) is 13.3. The number of nitrogens with one attached hydrogen (secondary N) is 1. The first kappa shape index (κ1) is 15.5. The molecule has 0 bridgehead atoms. The molecule has 112 valence electrons. The number of rotatable bonds is 6. The van der Waals surface area contributed by atoms with Crippen LogP contribution in [-0.2, 0) is 0 Å². The summed E-state index contributed by atoms with van der Waals surface area (Å²) in [6.45, 7) is 5.28. The minimum absolute atomic E-state index is 0.265. The van der Waals surface area contributed by atoms with E-state index in [-0.39, 0.29) is 5.82 Å². The predicted octanol–water partition coefficient (Wildman–Crippen LogP) is 4.56. The van der Waals surface area contributed by atoms with Crippen LogP contribution in [0.25, 0.3) is 11.1 Å². The van der Waals surface area contributed by atoms with Gasteiger partial charge in [-0.2, -0.15) is 0 Å². The summed E-state index contributed by atoms with van der Waals surface area (Å²) in [5.74, 6) is 0.268. The van der Waals surface area contributed by atoms with E-state index in [2.05, 4.69) is 19.2 Å². The topological polar surface area (TPSA) is 21.3 Å². The molecule has 1 unspecified atom stereocenters. The van der Waals surface area contributed by atoms with Gasteiger partial charge in [0.1, 0.15) is 11.6 Å². The van der Waals surface area contributed by atoms with Gasteiger partial charge in [-0.05, 0) is 43.1 Å². The Labute approximate surface area is 126 Å². The fourth-order valence-corrected chi connectivity index (χ4v) is 2.29. The van der Waals surface area contributed by atoms with Crippen molar-refractivity contribution in [3.63, 3.8) is 0 Å². The van der Waals surface area contributed by atoms with Gasteiger partial charge in [-0.25, -0.2) is 4.39 Å². The van der Waals surface area contributed by atoms with Gasteiger partial charge in [0.15, 0.2) is 0 Å². The highest BCUT2D eigenvalue weighted by atomic mass is 19.1. The molecule has 2 nitrogen and oxygen atoms in total. The van der Waals surface area contributed by atoms with Crippen molar-refractivity contribution in [3.05, 3.63) is 53.8 Å². The van der Waals surface area contributed by atoms with Gasteiger partial charge < -0.3 is 10.1 Å². The van der Waals surface area contributed by atoms with E-state index in [9.17, 15) is 4.39 Å². The second-order valence-electron chi connectivity index (χ2n) is 5.14. The molecule has 0 saturated carbocycles. The van der Waals surface area contributed by atoms with Crippen molar-refractivity contribution in [1.82, 2.24) is 5.32 Å². The number of halogens is 1. The molecule has 0 aliphatic rings. The van der Waals surface area contributed by atoms with Gasteiger partial charge in [0.2, 0.25) is 0 Å². The summed E-state index contributed by atoms with van der Waals surface area (Å²) in [5.41, 5.74) is 2.68. The highest BCUT2D eigenvalue weighted by Gasteiger charge is 2.08. The number of ether oxygens (including phenoxy) is 1. The maximum Gasteiger partial charge on any atom is 0.134 e. The monoisotopic (exact) mass is 287 g/mol. The molecule has 1 N–H and O–H groups in total. The Morgan fingerprint density at radius 1 is 1.14 bits per heavy atom. The van der Waals surface area contributed by atoms with E-state index in [0.29, 0.717) is 17.4 Å². The van der Waals surface area contributed by atoms with Crippen LogP contribution < -0.4 is 10.1 Å². The molecule has 1 atom stereocenters. The second kappa shape index (κ2) is 7.23. The zero-order valence-corrected chi connectivity index (χ0v) is 12.8. The Balaban J connectivity index is 2.19. The zero-order chi connectivity index (χ0) is 15.2. The van der Waals surface area contributed by atoms with Crippen LogP contribution in [-0.4, -0.2) is 13.7 Å². The Bertz CT molecular complexity index is 580.